The lowest BCUT2D eigenvalue weighted by Crippen LogP contribution is -1.90. The van der Waals surface area contributed by atoms with Crippen molar-refractivity contribution in [2.45, 2.75) is 13.8 Å². The molecule has 0 saturated carbocycles. The summed E-state index contributed by atoms with van der Waals surface area (Å²) in [6.07, 6.45) is 0. The molecule has 0 atom stereocenters. The van der Waals surface area contributed by atoms with E-state index in [4.69, 9.17) is 20.6 Å². The fourth-order valence-corrected chi connectivity index (χ4v) is 3.00. The van der Waals surface area contributed by atoms with Gasteiger partial charge in [-0.25, -0.2) is 4.39 Å². The van der Waals surface area contributed by atoms with Crippen LogP contribution in [0.2, 0.25) is 5.02 Å². The van der Waals surface area contributed by atoms with Gasteiger partial charge in [-0.05, 0) is 32.0 Å². The standard InChI is InChI=1S/C19H13ClFN3O2/c1-10-5-3-6-12(9-10)18-22-19(26-24-18)15-11(2)25-23-17(15)16-13(20)7-4-8-14(16)21/h3-9H,1-2H3. The van der Waals surface area contributed by atoms with Crippen molar-refractivity contribution in [2.75, 3.05) is 0 Å². The smallest absolute Gasteiger partial charge is 0.264 e. The summed E-state index contributed by atoms with van der Waals surface area (Å²) >= 11 is 6.16. The van der Waals surface area contributed by atoms with Crippen molar-refractivity contribution in [2.24, 2.45) is 0 Å². The summed E-state index contributed by atoms with van der Waals surface area (Å²) in [5.74, 6) is 0.536. The summed E-state index contributed by atoms with van der Waals surface area (Å²) in [5.41, 5.74) is 2.68. The molecule has 0 unspecified atom stereocenters. The zero-order valence-corrected chi connectivity index (χ0v) is 14.7. The molecule has 2 aromatic heterocycles. The maximum absolute atomic E-state index is 14.3. The molecule has 26 heavy (non-hydrogen) atoms. The van der Waals surface area contributed by atoms with Gasteiger partial charge in [-0.2, -0.15) is 4.98 Å². The lowest BCUT2D eigenvalue weighted by atomic mass is 10.1. The second-order valence-corrected chi connectivity index (χ2v) is 6.26. The molecule has 0 spiro atoms. The SMILES string of the molecule is Cc1cccc(-c2noc(-c3c(-c4c(F)cccc4Cl)noc3C)n2)c1. The number of nitrogens with zero attached hydrogens (tertiary/aromatic N) is 3. The molecule has 4 rings (SSSR count). The van der Waals surface area contributed by atoms with E-state index in [2.05, 4.69) is 15.3 Å². The van der Waals surface area contributed by atoms with E-state index in [1.807, 2.05) is 31.2 Å². The molecule has 4 aromatic rings. The van der Waals surface area contributed by atoms with E-state index in [0.717, 1.165) is 11.1 Å². The third-order valence-electron chi connectivity index (χ3n) is 3.98. The minimum absolute atomic E-state index is 0.135. The molecule has 130 valence electrons. The van der Waals surface area contributed by atoms with Gasteiger partial charge in [-0.15, -0.1) is 0 Å². The van der Waals surface area contributed by atoms with E-state index in [9.17, 15) is 4.39 Å². The van der Waals surface area contributed by atoms with Gasteiger partial charge in [-0.3, -0.25) is 0 Å². The largest absolute Gasteiger partial charge is 0.360 e. The molecule has 0 amide bonds. The number of halogens is 2. The van der Waals surface area contributed by atoms with Crippen LogP contribution >= 0.6 is 11.6 Å². The van der Waals surface area contributed by atoms with Crippen LogP contribution in [0.3, 0.4) is 0 Å². The van der Waals surface area contributed by atoms with Crippen molar-refractivity contribution in [1.29, 1.82) is 0 Å². The number of aromatic nitrogens is 3. The topological polar surface area (TPSA) is 65.0 Å². The van der Waals surface area contributed by atoms with E-state index >= 15 is 0 Å². The van der Waals surface area contributed by atoms with Crippen molar-refractivity contribution >= 4 is 11.6 Å². The molecular formula is C19H13ClFN3O2. The molecule has 0 aliphatic carbocycles. The molecular weight excluding hydrogens is 357 g/mol. The average molecular weight is 370 g/mol. The van der Waals surface area contributed by atoms with Crippen molar-refractivity contribution in [3.63, 3.8) is 0 Å². The van der Waals surface area contributed by atoms with Crippen LogP contribution in [-0.2, 0) is 0 Å². The van der Waals surface area contributed by atoms with Crippen molar-refractivity contribution in [3.8, 4) is 34.1 Å². The van der Waals surface area contributed by atoms with E-state index in [0.29, 0.717) is 17.1 Å². The first-order valence-electron chi connectivity index (χ1n) is 7.86. The third kappa shape index (κ3) is 2.78. The lowest BCUT2D eigenvalue weighted by Gasteiger charge is -2.03. The first-order chi connectivity index (χ1) is 12.5. The summed E-state index contributed by atoms with van der Waals surface area (Å²) in [6, 6.07) is 12.1. The third-order valence-corrected chi connectivity index (χ3v) is 4.29. The Kier molecular flexibility index (Phi) is 4.05. The number of hydrogen-bond donors (Lipinski definition) is 0. The van der Waals surface area contributed by atoms with Gasteiger partial charge in [0.2, 0.25) is 5.82 Å². The van der Waals surface area contributed by atoms with E-state index in [-0.39, 0.29) is 22.2 Å². The maximum atomic E-state index is 14.3. The Morgan fingerprint density at radius 1 is 0.962 bits per heavy atom. The molecule has 0 aliphatic heterocycles. The zero-order valence-electron chi connectivity index (χ0n) is 14.0. The second kappa shape index (κ2) is 6.38. The normalized spacial score (nSPS) is 11.1. The Bertz CT molecular complexity index is 1080. The van der Waals surface area contributed by atoms with Crippen LogP contribution in [0, 0.1) is 19.7 Å². The highest BCUT2D eigenvalue weighted by Gasteiger charge is 2.25. The molecule has 5 nitrogen and oxygen atoms in total. The fourth-order valence-electron chi connectivity index (χ4n) is 2.75. The van der Waals surface area contributed by atoms with E-state index < -0.39 is 5.82 Å². The van der Waals surface area contributed by atoms with Gasteiger partial charge >= 0.3 is 0 Å². The highest BCUT2D eigenvalue weighted by atomic mass is 35.5. The summed E-state index contributed by atoms with van der Waals surface area (Å²) in [5, 5.41) is 8.20. The molecule has 0 N–H and O–H groups in total. The van der Waals surface area contributed by atoms with Crippen LogP contribution < -0.4 is 0 Å². The molecule has 2 heterocycles. The van der Waals surface area contributed by atoms with Crippen molar-refractivity contribution in [1.82, 2.24) is 15.3 Å². The highest BCUT2D eigenvalue weighted by Crippen LogP contribution is 2.38. The Balaban J connectivity index is 1.85. The predicted molar refractivity (Wildman–Crippen MR) is 95.1 cm³/mol. The van der Waals surface area contributed by atoms with Gasteiger partial charge in [0.25, 0.3) is 5.89 Å². The monoisotopic (exact) mass is 369 g/mol. The van der Waals surface area contributed by atoms with Crippen molar-refractivity contribution in [3.05, 3.63) is 64.6 Å². The van der Waals surface area contributed by atoms with Crippen LogP contribution in [0.4, 0.5) is 4.39 Å². The summed E-state index contributed by atoms with van der Waals surface area (Å²) in [4.78, 5) is 4.43. The quantitative estimate of drug-likeness (QED) is 0.479. The Morgan fingerprint density at radius 2 is 1.77 bits per heavy atom. The first kappa shape index (κ1) is 16.5. The summed E-state index contributed by atoms with van der Waals surface area (Å²) in [6.45, 7) is 3.67. The maximum Gasteiger partial charge on any atom is 0.264 e. The summed E-state index contributed by atoms with van der Waals surface area (Å²) < 4.78 is 25.0. The van der Waals surface area contributed by atoms with Crippen LogP contribution in [0.1, 0.15) is 11.3 Å². The van der Waals surface area contributed by atoms with Crippen molar-refractivity contribution < 1.29 is 13.4 Å². The number of hydrogen-bond acceptors (Lipinski definition) is 5. The van der Waals surface area contributed by atoms with Crippen LogP contribution in [0.15, 0.2) is 51.5 Å². The number of benzene rings is 2. The van der Waals surface area contributed by atoms with E-state index in [1.165, 1.54) is 12.1 Å². The van der Waals surface area contributed by atoms with Gasteiger partial charge in [0.1, 0.15) is 22.8 Å². The van der Waals surface area contributed by atoms with Crippen LogP contribution in [0.5, 0.6) is 0 Å². The summed E-state index contributed by atoms with van der Waals surface area (Å²) in [7, 11) is 0. The van der Waals surface area contributed by atoms with Crippen LogP contribution in [-0.4, -0.2) is 15.3 Å². The fraction of sp³-hybridized carbons (Fsp3) is 0.105. The van der Waals surface area contributed by atoms with Gasteiger partial charge in [0.05, 0.1) is 10.6 Å². The second-order valence-electron chi connectivity index (χ2n) is 5.85. The van der Waals surface area contributed by atoms with E-state index in [1.54, 1.807) is 13.0 Å². The average Bonchev–Trinajstić information content (AvgIpc) is 3.22. The Hall–Kier alpha value is -2.99. The van der Waals surface area contributed by atoms with Gasteiger partial charge in [0, 0.05) is 5.56 Å². The molecule has 0 fully saturated rings. The highest BCUT2D eigenvalue weighted by molar-refractivity contribution is 6.33. The molecule has 0 bridgehead atoms. The first-order valence-corrected chi connectivity index (χ1v) is 8.24. The molecule has 0 aliphatic rings. The zero-order chi connectivity index (χ0) is 18.3. The number of rotatable bonds is 3. The van der Waals surface area contributed by atoms with Gasteiger partial charge in [0.15, 0.2) is 0 Å². The Labute approximate surface area is 153 Å². The predicted octanol–water partition coefficient (Wildman–Crippen LogP) is 5.47. The molecule has 0 saturated heterocycles. The van der Waals surface area contributed by atoms with Gasteiger partial charge < -0.3 is 9.05 Å². The Morgan fingerprint density at radius 3 is 2.54 bits per heavy atom. The van der Waals surface area contributed by atoms with Crippen LogP contribution in [0.25, 0.3) is 34.1 Å². The number of aryl methyl sites for hydroxylation is 2. The lowest BCUT2D eigenvalue weighted by molar-refractivity contribution is 0.397. The molecule has 7 heteroatoms. The van der Waals surface area contributed by atoms with Gasteiger partial charge in [-0.1, -0.05) is 51.7 Å². The molecule has 2 aromatic carbocycles. The minimum Gasteiger partial charge on any atom is -0.360 e. The molecule has 0 radical (unpaired) electrons. The minimum atomic E-state index is -0.509.